The molecule has 4 heteroatoms. The fourth-order valence-corrected chi connectivity index (χ4v) is 1.06. The van der Waals surface area contributed by atoms with Crippen molar-refractivity contribution in [2.24, 2.45) is 11.1 Å². The lowest BCUT2D eigenvalue weighted by Gasteiger charge is -2.29. The van der Waals surface area contributed by atoms with E-state index in [1.165, 1.54) is 0 Å². The molecule has 0 aliphatic carbocycles. The van der Waals surface area contributed by atoms with E-state index in [2.05, 4.69) is 0 Å². The molecule has 0 aromatic heterocycles. The molecule has 0 spiro atoms. The van der Waals surface area contributed by atoms with Gasteiger partial charge in [0.15, 0.2) is 0 Å². The van der Waals surface area contributed by atoms with E-state index in [1.54, 1.807) is 11.9 Å². The van der Waals surface area contributed by atoms with Crippen LogP contribution in [0, 0.1) is 5.41 Å². The second-order valence-electron chi connectivity index (χ2n) is 4.80. The summed E-state index contributed by atoms with van der Waals surface area (Å²) in [6, 6.07) is -0.455. The molecule has 0 saturated carbocycles. The average molecular weight is 216 g/mol. The molecule has 0 aliphatic heterocycles. The quantitative estimate of drug-likeness (QED) is 0.693. The van der Waals surface area contributed by atoms with Gasteiger partial charge >= 0.3 is 0 Å². The van der Waals surface area contributed by atoms with Gasteiger partial charge in [-0.05, 0) is 12.3 Å². The lowest BCUT2D eigenvalue weighted by Crippen LogP contribution is -2.49. The van der Waals surface area contributed by atoms with E-state index < -0.39 is 6.04 Å². The molecule has 0 aliphatic rings. The number of carbonyl (C=O) groups excluding carboxylic acids is 1. The third-order valence-corrected chi connectivity index (χ3v) is 2.35. The van der Waals surface area contributed by atoms with Crippen LogP contribution in [0.3, 0.4) is 0 Å². The SMILES string of the molecule is CCOCCN(C)C(=O)[C@H](N)C(C)(C)C. The van der Waals surface area contributed by atoms with Crippen LogP contribution in [0.2, 0.25) is 0 Å². The van der Waals surface area contributed by atoms with Gasteiger partial charge in [0.2, 0.25) is 5.91 Å². The highest BCUT2D eigenvalue weighted by molar-refractivity contribution is 5.82. The maximum atomic E-state index is 11.8. The van der Waals surface area contributed by atoms with E-state index in [0.717, 1.165) is 0 Å². The molecule has 1 amide bonds. The van der Waals surface area contributed by atoms with E-state index >= 15 is 0 Å². The number of rotatable bonds is 5. The topological polar surface area (TPSA) is 55.6 Å². The minimum absolute atomic E-state index is 0.0257. The number of nitrogens with zero attached hydrogens (tertiary/aromatic N) is 1. The molecule has 0 aromatic rings. The van der Waals surface area contributed by atoms with Gasteiger partial charge in [0, 0.05) is 20.2 Å². The molecule has 0 bridgehead atoms. The van der Waals surface area contributed by atoms with E-state index in [9.17, 15) is 4.79 Å². The summed E-state index contributed by atoms with van der Waals surface area (Å²) in [5, 5.41) is 0. The first kappa shape index (κ1) is 14.4. The molecule has 0 heterocycles. The number of hydrogen-bond donors (Lipinski definition) is 1. The molecular formula is C11H24N2O2. The zero-order chi connectivity index (χ0) is 12.1. The van der Waals surface area contributed by atoms with Crippen LogP contribution in [0.25, 0.3) is 0 Å². The summed E-state index contributed by atoms with van der Waals surface area (Å²) in [5.41, 5.74) is 5.67. The summed E-state index contributed by atoms with van der Waals surface area (Å²) in [5.74, 6) is -0.0257. The maximum Gasteiger partial charge on any atom is 0.239 e. The molecule has 90 valence electrons. The van der Waals surface area contributed by atoms with Crippen molar-refractivity contribution in [3.05, 3.63) is 0 Å². The Labute approximate surface area is 92.8 Å². The van der Waals surface area contributed by atoms with Gasteiger partial charge in [0.25, 0.3) is 0 Å². The van der Waals surface area contributed by atoms with Gasteiger partial charge in [-0.15, -0.1) is 0 Å². The van der Waals surface area contributed by atoms with Crippen molar-refractivity contribution >= 4 is 5.91 Å². The van der Waals surface area contributed by atoms with E-state index in [0.29, 0.717) is 19.8 Å². The van der Waals surface area contributed by atoms with Crippen LogP contribution in [0.4, 0.5) is 0 Å². The first-order valence-electron chi connectivity index (χ1n) is 5.39. The van der Waals surface area contributed by atoms with Gasteiger partial charge in [-0.2, -0.15) is 0 Å². The molecule has 4 nitrogen and oxygen atoms in total. The Morgan fingerprint density at radius 3 is 2.40 bits per heavy atom. The van der Waals surface area contributed by atoms with Crippen molar-refractivity contribution in [2.75, 3.05) is 26.8 Å². The van der Waals surface area contributed by atoms with Crippen LogP contribution < -0.4 is 5.73 Å². The van der Waals surface area contributed by atoms with Gasteiger partial charge in [0.1, 0.15) is 0 Å². The van der Waals surface area contributed by atoms with E-state index in [1.807, 2.05) is 27.7 Å². The highest BCUT2D eigenvalue weighted by atomic mass is 16.5. The predicted molar refractivity (Wildman–Crippen MR) is 61.6 cm³/mol. The molecule has 15 heavy (non-hydrogen) atoms. The largest absolute Gasteiger partial charge is 0.380 e. The summed E-state index contributed by atoms with van der Waals surface area (Å²) in [6.07, 6.45) is 0. The normalized spacial score (nSPS) is 13.7. The minimum Gasteiger partial charge on any atom is -0.380 e. The Hall–Kier alpha value is -0.610. The van der Waals surface area contributed by atoms with Crippen molar-refractivity contribution in [3.8, 4) is 0 Å². The predicted octanol–water partition coefficient (Wildman–Crippen LogP) is 0.855. The Bertz CT molecular complexity index is 199. The van der Waals surface area contributed by atoms with Gasteiger partial charge < -0.3 is 15.4 Å². The number of amides is 1. The zero-order valence-electron chi connectivity index (χ0n) is 10.5. The highest BCUT2D eigenvalue weighted by Crippen LogP contribution is 2.18. The average Bonchev–Trinajstić information content (AvgIpc) is 2.14. The third kappa shape index (κ3) is 5.14. The van der Waals surface area contributed by atoms with Gasteiger partial charge in [-0.1, -0.05) is 20.8 Å². The number of carbonyl (C=O) groups is 1. The molecule has 0 unspecified atom stereocenters. The second-order valence-corrected chi connectivity index (χ2v) is 4.80. The first-order valence-corrected chi connectivity index (χ1v) is 5.39. The molecule has 0 fully saturated rings. The standard InChI is InChI=1S/C11H24N2O2/c1-6-15-8-7-13(5)10(14)9(12)11(2,3)4/h9H,6-8,12H2,1-5H3/t9-/m0/s1. The zero-order valence-corrected chi connectivity index (χ0v) is 10.5. The molecule has 0 rings (SSSR count). The van der Waals surface area contributed by atoms with Crippen molar-refractivity contribution < 1.29 is 9.53 Å². The van der Waals surface area contributed by atoms with Gasteiger partial charge in [-0.25, -0.2) is 0 Å². The number of hydrogen-bond acceptors (Lipinski definition) is 3. The van der Waals surface area contributed by atoms with Crippen molar-refractivity contribution in [1.82, 2.24) is 4.90 Å². The van der Waals surface area contributed by atoms with Crippen LogP contribution in [0.5, 0.6) is 0 Å². The van der Waals surface area contributed by atoms with Gasteiger partial charge in [0.05, 0.1) is 12.6 Å². The monoisotopic (exact) mass is 216 g/mol. The summed E-state index contributed by atoms with van der Waals surface area (Å²) < 4.78 is 5.18. The van der Waals surface area contributed by atoms with Crippen molar-refractivity contribution in [1.29, 1.82) is 0 Å². The lowest BCUT2D eigenvalue weighted by molar-refractivity contribution is -0.134. The maximum absolute atomic E-state index is 11.8. The smallest absolute Gasteiger partial charge is 0.239 e. The molecule has 0 saturated heterocycles. The van der Waals surface area contributed by atoms with Crippen LogP contribution >= 0.6 is 0 Å². The number of ether oxygens (including phenoxy) is 1. The van der Waals surface area contributed by atoms with Crippen LogP contribution in [0.1, 0.15) is 27.7 Å². The Kier molecular flexibility index (Phi) is 5.83. The van der Waals surface area contributed by atoms with Gasteiger partial charge in [-0.3, -0.25) is 4.79 Å². The molecule has 0 radical (unpaired) electrons. The molecule has 0 aromatic carbocycles. The van der Waals surface area contributed by atoms with E-state index in [-0.39, 0.29) is 11.3 Å². The van der Waals surface area contributed by atoms with Crippen LogP contribution in [-0.4, -0.2) is 43.7 Å². The number of nitrogens with two attached hydrogens (primary N) is 1. The molecular weight excluding hydrogens is 192 g/mol. The lowest BCUT2D eigenvalue weighted by atomic mass is 9.86. The summed E-state index contributed by atoms with van der Waals surface area (Å²) in [4.78, 5) is 13.5. The fraction of sp³-hybridized carbons (Fsp3) is 0.909. The van der Waals surface area contributed by atoms with Crippen molar-refractivity contribution in [2.45, 2.75) is 33.7 Å². The molecule has 2 N–H and O–H groups in total. The van der Waals surface area contributed by atoms with Crippen molar-refractivity contribution in [3.63, 3.8) is 0 Å². The Balaban J connectivity index is 4.09. The molecule has 1 atom stereocenters. The van der Waals surface area contributed by atoms with Crippen LogP contribution in [0.15, 0.2) is 0 Å². The minimum atomic E-state index is -0.455. The summed E-state index contributed by atoms with van der Waals surface area (Å²) in [7, 11) is 1.76. The Morgan fingerprint density at radius 2 is 2.00 bits per heavy atom. The number of likely N-dealkylation sites (N-methyl/N-ethyl adjacent to an activating group) is 1. The summed E-state index contributed by atoms with van der Waals surface area (Å²) >= 11 is 0. The van der Waals surface area contributed by atoms with Crippen LogP contribution in [-0.2, 0) is 9.53 Å². The first-order chi connectivity index (χ1) is 6.80. The van der Waals surface area contributed by atoms with E-state index in [4.69, 9.17) is 10.5 Å². The third-order valence-electron chi connectivity index (χ3n) is 2.35. The Morgan fingerprint density at radius 1 is 1.47 bits per heavy atom. The summed E-state index contributed by atoms with van der Waals surface area (Å²) in [6.45, 7) is 9.66. The highest BCUT2D eigenvalue weighted by Gasteiger charge is 2.29. The fourth-order valence-electron chi connectivity index (χ4n) is 1.06. The second kappa shape index (κ2) is 6.08.